The van der Waals surface area contributed by atoms with Gasteiger partial charge in [0.15, 0.2) is 5.78 Å². The van der Waals surface area contributed by atoms with Crippen molar-refractivity contribution in [3.63, 3.8) is 0 Å². The number of Topliss-reactive ketones (excluding diaryl/α,β-unsaturated/α-hetero) is 1. The van der Waals surface area contributed by atoms with E-state index < -0.39 is 6.10 Å². The summed E-state index contributed by atoms with van der Waals surface area (Å²) < 4.78 is 0. The summed E-state index contributed by atoms with van der Waals surface area (Å²) >= 11 is 0. The van der Waals surface area contributed by atoms with Crippen LogP contribution in [-0.4, -0.2) is 22.1 Å². The Balaban J connectivity index is 2.80. The van der Waals surface area contributed by atoms with Crippen molar-refractivity contribution in [3.05, 3.63) is 29.8 Å². The number of ketones is 1. The van der Waals surface area contributed by atoms with Crippen molar-refractivity contribution in [3.8, 4) is 5.75 Å². The predicted octanol–water partition coefficient (Wildman–Crippen LogP) is 1.84. The summed E-state index contributed by atoms with van der Waals surface area (Å²) in [5.74, 6) is -0.212. The lowest BCUT2D eigenvalue weighted by Crippen LogP contribution is -2.25. The molecule has 0 aromatic heterocycles. The summed E-state index contributed by atoms with van der Waals surface area (Å²) in [4.78, 5) is 11.3. The van der Waals surface area contributed by atoms with E-state index in [4.69, 9.17) is 5.11 Å². The molecule has 0 heterocycles. The zero-order valence-corrected chi connectivity index (χ0v) is 8.97. The first-order valence-corrected chi connectivity index (χ1v) is 5.06. The molecule has 0 saturated heterocycles. The van der Waals surface area contributed by atoms with Gasteiger partial charge in [0.1, 0.15) is 11.9 Å². The molecule has 0 spiro atoms. The zero-order chi connectivity index (χ0) is 11.4. The lowest BCUT2D eigenvalue weighted by Gasteiger charge is -2.17. The van der Waals surface area contributed by atoms with E-state index in [2.05, 4.69) is 0 Å². The predicted molar refractivity (Wildman–Crippen MR) is 57.8 cm³/mol. The van der Waals surface area contributed by atoms with E-state index in [0.717, 1.165) is 5.56 Å². The smallest absolute Gasteiger partial charge is 0.161 e. The normalized spacial score (nSPS) is 14.6. The fourth-order valence-electron chi connectivity index (χ4n) is 1.45. The van der Waals surface area contributed by atoms with Gasteiger partial charge in [-0.25, -0.2) is 0 Å². The number of aliphatic hydroxyl groups excluding tert-OH is 1. The van der Waals surface area contributed by atoms with E-state index in [1.165, 1.54) is 0 Å². The number of aliphatic hydroxyl groups is 1. The Morgan fingerprint density at radius 2 is 1.87 bits per heavy atom. The second-order valence-corrected chi connectivity index (χ2v) is 3.64. The molecule has 0 saturated carbocycles. The summed E-state index contributed by atoms with van der Waals surface area (Å²) in [6, 6.07) is 6.53. The fourth-order valence-corrected chi connectivity index (χ4v) is 1.45. The Kier molecular flexibility index (Phi) is 3.86. The number of phenols is 1. The monoisotopic (exact) mass is 208 g/mol. The quantitative estimate of drug-likeness (QED) is 0.793. The van der Waals surface area contributed by atoms with Crippen LogP contribution in [0.5, 0.6) is 5.75 Å². The number of benzene rings is 1. The van der Waals surface area contributed by atoms with Crippen molar-refractivity contribution in [2.75, 3.05) is 0 Å². The molecular weight excluding hydrogens is 192 g/mol. The Labute approximate surface area is 89.4 Å². The van der Waals surface area contributed by atoms with Gasteiger partial charge in [-0.05, 0) is 17.7 Å². The Morgan fingerprint density at radius 3 is 2.33 bits per heavy atom. The van der Waals surface area contributed by atoms with Crippen molar-refractivity contribution in [2.24, 2.45) is 0 Å². The first-order valence-electron chi connectivity index (χ1n) is 5.06. The van der Waals surface area contributed by atoms with E-state index in [1.54, 1.807) is 38.1 Å². The van der Waals surface area contributed by atoms with Crippen LogP contribution in [-0.2, 0) is 4.79 Å². The molecule has 0 aliphatic heterocycles. The average Bonchev–Trinajstić information content (AvgIpc) is 2.27. The number of phenolic OH excluding ortho intramolecular Hbond substituents is 1. The van der Waals surface area contributed by atoms with E-state index in [0.29, 0.717) is 6.42 Å². The van der Waals surface area contributed by atoms with Gasteiger partial charge in [0.2, 0.25) is 0 Å². The topological polar surface area (TPSA) is 57.5 Å². The van der Waals surface area contributed by atoms with E-state index in [-0.39, 0.29) is 17.5 Å². The van der Waals surface area contributed by atoms with Crippen LogP contribution < -0.4 is 0 Å². The van der Waals surface area contributed by atoms with Gasteiger partial charge in [0.05, 0.1) is 0 Å². The van der Waals surface area contributed by atoms with Crippen molar-refractivity contribution < 1.29 is 15.0 Å². The van der Waals surface area contributed by atoms with Crippen LogP contribution >= 0.6 is 0 Å². The maximum Gasteiger partial charge on any atom is 0.161 e. The molecule has 3 heteroatoms. The van der Waals surface area contributed by atoms with Gasteiger partial charge in [0, 0.05) is 12.3 Å². The van der Waals surface area contributed by atoms with Crippen molar-refractivity contribution >= 4 is 5.78 Å². The number of carbonyl (C=O) groups excluding carboxylic acids is 1. The minimum absolute atomic E-state index is 0.157. The van der Waals surface area contributed by atoms with Crippen LogP contribution in [0.15, 0.2) is 24.3 Å². The van der Waals surface area contributed by atoms with Gasteiger partial charge in [-0.3, -0.25) is 4.79 Å². The summed E-state index contributed by atoms with van der Waals surface area (Å²) in [5, 5.41) is 18.8. The molecule has 0 bridgehead atoms. The van der Waals surface area contributed by atoms with Crippen molar-refractivity contribution in [1.82, 2.24) is 0 Å². The highest BCUT2D eigenvalue weighted by molar-refractivity contribution is 5.83. The van der Waals surface area contributed by atoms with E-state index in [9.17, 15) is 9.90 Å². The molecule has 2 atom stereocenters. The number of carbonyl (C=O) groups is 1. The summed E-state index contributed by atoms with van der Waals surface area (Å²) in [6.45, 7) is 3.53. The highest BCUT2D eigenvalue weighted by Gasteiger charge is 2.21. The van der Waals surface area contributed by atoms with E-state index in [1.807, 2.05) is 0 Å². The Hall–Kier alpha value is -1.35. The summed E-state index contributed by atoms with van der Waals surface area (Å²) in [7, 11) is 0. The first kappa shape index (κ1) is 11.7. The summed E-state index contributed by atoms with van der Waals surface area (Å²) in [5.41, 5.74) is 0.849. The van der Waals surface area contributed by atoms with E-state index >= 15 is 0 Å². The SMILES string of the molecule is CCC(=O)C(O)C(C)c1ccc(O)cc1. The number of rotatable bonds is 4. The molecule has 1 aromatic carbocycles. The number of aromatic hydroxyl groups is 1. The van der Waals surface area contributed by atoms with Crippen molar-refractivity contribution in [2.45, 2.75) is 32.3 Å². The van der Waals surface area contributed by atoms with Crippen LogP contribution in [0.4, 0.5) is 0 Å². The molecule has 0 fully saturated rings. The van der Waals surface area contributed by atoms with Gasteiger partial charge >= 0.3 is 0 Å². The Morgan fingerprint density at radius 1 is 1.33 bits per heavy atom. The molecule has 82 valence electrons. The first-order chi connectivity index (χ1) is 7.06. The molecule has 1 aromatic rings. The molecule has 0 aliphatic rings. The maximum atomic E-state index is 11.3. The average molecular weight is 208 g/mol. The minimum Gasteiger partial charge on any atom is -0.508 e. The molecule has 15 heavy (non-hydrogen) atoms. The maximum absolute atomic E-state index is 11.3. The molecule has 2 unspecified atom stereocenters. The third-order valence-corrected chi connectivity index (χ3v) is 2.57. The van der Waals surface area contributed by atoms with Crippen LogP contribution in [0.25, 0.3) is 0 Å². The van der Waals surface area contributed by atoms with Crippen LogP contribution in [0, 0.1) is 0 Å². The lowest BCUT2D eigenvalue weighted by atomic mass is 9.92. The van der Waals surface area contributed by atoms with Crippen LogP contribution in [0.1, 0.15) is 31.7 Å². The zero-order valence-electron chi connectivity index (χ0n) is 8.97. The second kappa shape index (κ2) is 4.94. The molecule has 0 aliphatic carbocycles. The summed E-state index contributed by atoms with van der Waals surface area (Å²) in [6.07, 6.45) is -0.622. The molecule has 0 amide bonds. The molecular formula is C12H16O3. The molecule has 3 nitrogen and oxygen atoms in total. The van der Waals surface area contributed by atoms with Gasteiger partial charge < -0.3 is 10.2 Å². The largest absolute Gasteiger partial charge is 0.508 e. The highest BCUT2D eigenvalue weighted by atomic mass is 16.3. The van der Waals surface area contributed by atoms with Gasteiger partial charge in [-0.2, -0.15) is 0 Å². The van der Waals surface area contributed by atoms with Gasteiger partial charge in [-0.15, -0.1) is 0 Å². The van der Waals surface area contributed by atoms with Gasteiger partial charge in [0.25, 0.3) is 0 Å². The lowest BCUT2D eigenvalue weighted by molar-refractivity contribution is -0.127. The number of hydrogen-bond donors (Lipinski definition) is 2. The third kappa shape index (κ3) is 2.80. The highest BCUT2D eigenvalue weighted by Crippen LogP contribution is 2.22. The van der Waals surface area contributed by atoms with Crippen LogP contribution in [0.3, 0.4) is 0 Å². The second-order valence-electron chi connectivity index (χ2n) is 3.64. The standard InChI is InChI=1S/C12H16O3/c1-3-11(14)12(15)8(2)9-4-6-10(13)7-5-9/h4-8,12-13,15H,3H2,1-2H3. The van der Waals surface area contributed by atoms with Gasteiger partial charge in [-0.1, -0.05) is 26.0 Å². The molecule has 2 N–H and O–H groups in total. The van der Waals surface area contributed by atoms with Crippen molar-refractivity contribution in [1.29, 1.82) is 0 Å². The Bertz CT molecular complexity index is 329. The molecule has 0 radical (unpaired) electrons. The fraction of sp³-hybridized carbons (Fsp3) is 0.417. The number of hydrogen-bond acceptors (Lipinski definition) is 3. The van der Waals surface area contributed by atoms with Crippen LogP contribution in [0.2, 0.25) is 0 Å². The minimum atomic E-state index is -0.959. The third-order valence-electron chi connectivity index (χ3n) is 2.57. The molecule has 1 rings (SSSR count).